The highest BCUT2D eigenvalue weighted by Crippen LogP contribution is 2.25. The number of nitrogens with one attached hydrogen (secondary N) is 2. The molecule has 0 atom stereocenters. The zero-order chi connectivity index (χ0) is 14.5. The van der Waals surface area contributed by atoms with Crippen LogP contribution in [0.5, 0.6) is 0 Å². The van der Waals surface area contributed by atoms with E-state index in [1.54, 1.807) is 18.7 Å². The molecule has 1 aliphatic rings. The van der Waals surface area contributed by atoms with Crippen molar-refractivity contribution in [1.82, 2.24) is 9.69 Å². The molecule has 0 radical (unpaired) electrons. The second-order valence-corrected chi connectivity index (χ2v) is 6.65. The fourth-order valence-corrected chi connectivity index (χ4v) is 3.86. The van der Waals surface area contributed by atoms with Crippen molar-refractivity contribution >= 4 is 40.2 Å². The number of anilines is 1. The van der Waals surface area contributed by atoms with E-state index in [1.807, 2.05) is 0 Å². The van der Waals surface area contributed by atoms with E-state index in [-0.39, 0.29) is 11.5 Å². The van der Waals surface area contributed by atoms with E-state index in [2.05, 4.69) is 15.0 Å². The summed E-state index contributed by atoms with van der Waals surface area (Å²) in [6, 6.07) is 0. The topological polar surface area (TPSA) is 91.3 Å². The van der Waals surface area contributed by atoms with Gasteiger partial charge in [0, 0.05) is 5.25 Å². The zero-order valence-corrected chi connectivity index (χ0v) is 12.8. The number of aryl methyl sites for hydroxylation is 1. The summed E-state index contributed by atoms with van der Waals surface area (Å²) in [6.07, 6.45) is 2.13. The van der Waals surface area contributed by atoms with Crippen molar-refractivity contribution in [2.45, 2.75) is 25.0 Å². The number of carboxylic acids is 1. The fourth-order valence-electron chi connectivity index (χ4n) is 2.03. The molecule has 1 aromatic heterocycles. The predicted molar refractivity (Wildman–Crippen MR) is 80.8 cm³/mol. The molecule has 0 unspecified atom stereocenters. The maximum absolute atomic E-state index is 11.9. The Kier molecular flexibility index (Phi) is 5.38. The minimum Gasteiger partial charge on any atom is -0.478 e. The van der Waals surface area contributed by atoms with Gasteiger partial charge in [-0.2, -0.15) is 4.37 Å². The maximum Gasteiger partial charge on any atom is 0.340 e. The van der Waals surface area contributed by atoms with Gasteiger partial charge in [0.15, 0.2) is 0 Å². The van der Waals surface area contributed by atoms with Gasteiger partial charge in [-0.15, -0.1) is 11.8 Å². The van der Waals surface area contributed by atoms with Gasteiger partial charge in [-0.3, -0.25) is 4.79 Å². The molecular formula is C12H17N3O3S2. The molecule has 110 valence electrons. The Morgan fingerprint density at radius 1 is 1.50 bits per heavy atom. The molecule has 8 heteroatoms. The summed E-state index contributed by atoms with van der Waals surface area (Å²) >= 11 is 2.64. The molecule has 6 nitrogen and oxygen atoms in total. The fraction of sp³-hybridized carbons (Fsp3) is 0.583. The normalized spacial score (nSPS) is 16.1. The van der Waals surface area contributed by atoms with Gasteiger partial charge in [-0.05, 0) is 44.4 Å². The van der Waals surface area contributed by atoms with Crippen molar-refractivity contribution in [3.63, 3.8) is 0 Å². The summed E-state index contributed by atoms with van der Waals surface area (Å²) in [5.41, 5.74) is 0.527. The van der Waals surface area contributed by atoms with Gasteiger partial charge in [0.1, 0.15) is 10.6 Å². The minimum absolute atomic E-state index is 0.0928. The van der Waals surface area contributed by atoms with Crippen LogP contribution in [0.2, 0.25) is 0 Å². The van der Waals surface area contributed by atoms with Crippen LogP contribution in [-0.4, -0.2) is 45.4 Å². The number of thioether (sulfide) groups is 1. The first kappa shape index (κ1) is 15.3. The van der Waals surface area contributed by atoms with Gasteiger partial charge in [-0.25, -0.2) is 4.79 Å². The number of aromatic nitrogens is 1. The Morgan fingerprint density at radius 3 is 2.85 bits per heavy atom. The van der Waals surface area contributed by atoms with Crippen molar-refractivity contribution in [3.8, 4) is 0 Å². The largest absolute Gasteiger partial charge is 0.478 e. The van der Waals surface area contributed by atoms with E-state index in [9.17, 15) is 9.59 Å². The lowest BCUT2D eigenvalue weighted by Gasteiger charge is -2.21. The average Bonchev–Trinajstić information content (AvgIpc) is 2.78. The summed E-state index contributed by atoms with van der Waals surface area (Å²) in [4.78, 5) is 23.0. The second-order valence-electron chi connectivity index (χ2n) is 4.59. The van der Waals surface area contributed by atoms with Crippen LogP contribution in [0.15, 0.2) is 0 Å². The molecule has 20 heavy (non-hydrogen) atoms. The van der Waals surface area contributed by atoms with Crippen molar-refractivity contribution in [2.24, 2.45) is 0 Å². The Labute approximate surface area is 125 Å². The Hall–Kier alpha value is -1.12. The number of hydrogen-bond acceptors (Lipinski definition) is 6. The predicted octanol–water partition coefficient (Wildman–Crippen LogP) is 1.57. The number of carbonyl (C=O) groups excluding carboxylic acids is 1. The van der Waals surface area contributed by atoms with Crippen LogP contribution in [0.4, 0.5) is 5.00 Å². The lowest BCUT2D eigenvalue weighted by Crippen LogP contribution is -2.30. The second kappa shape index (κ2) is 7.05. The molecule has 1 aromatic rings. The van der Waals surface area contributed by atoms with E-state index in [0.717, 1.165) is 37.5 Å². The number of nitrogens with zero attached hydrogens (tertiary/aromatic N) is 1. The van der Waals surface area contributed by atoms with Gasteiger partial charge in [0.25, 0.3) is 0 Å². The number of carbonyl (C=O) groups is 2. The first-order valence-electron chi connectivity index (χ1n) is 6.39. The molecule has 2 heterocycles. The molecular weight excluding hydrogens is 298 g/mol. The van der Waals surface area contributed by atoms with E-state index in [4.69, 9.17) is 5.11 Å². The summed E-state index contributed by atoms with van der Waals surface area (Å²) < 4.78 is 3.97. The molecule has 0 saturated carbocycles. The standard InChI is InChI=1S/C12H17N3O3S2/c1-7-10(12(17)18)11(20-15-7)14-9(16)6-19-8-2-4-13-5-3-8/h8,13H,2-6H2,1H3,(H,14,16)(H,17,18). The quantitative estimate of drug-likeness (QED) is 0.764. The number of amides is 1. The van der Waals surface area contributed by atoms with Gasteiger partial charge in [0.2, 0.25) is 5.91 Å². The Morgan fingerprint density at radius 2 is 2.20 bits per heavy atom. The Bertz CT molecular complexity index is 498. The van der Waals surface area contributed by atoms with Crippen LogP contribution in [0.3, 0.4) is 0 Å². The molecule has 0 aromatic carbocycles. The number of carboxylic acid groups (broad SMARTS) is 1. The smallest absolute Gasteiger partial charge is 0.340 e. The van der Waals surface area contributed by atoms with Crippen molar-refractivity contribution in [2.75, 3.05) is 24.2 Å². The highest BCUT2D eigenvalue weighted by Gasteiger charge is 2.20. The highest BCUT2D eigenvalue weighted by molar-refractivity contribution is 8.00. The first-order chi connectivity index (χ1) is 9.58. The monoisotopic (exact) mass is 315 g/mol. The molecule has 0 aliphatic carbocycles. The van der Waals surface area contributed by atoms with E-state index >= 15 is 0 Å². The highest BCUT2D eigenvalue weighted by atomic mass is 32.2. The Balaban J connectivity index is 1.86. The van der Waals surface area contributed by atoms with Gasteiger partial charge in [0.05, 0.1) is 11.4 Å². The van der Waals surface area contributed by atoms with Crippen molar-refractivity contribution < 1.29 is 14.7 Å². The lowest BCUT2D eigenvalue weighted by atomic mass is 10.2. The third kappa shape index (κ3) is 3.94. The molecule has 0 spiro atoms. The van der Waals surface area contributed by atoms with Gasteiger partial charge >= 0.3 is 5.97 Å². The molecule has 3 N–H and O–H groups in total. The molecule has 1 fully saturated rings. The van der Waals surface area contributed by atoms with Gasteiger partial charge in [-0.1, -0.05) is 0 Å². The van der Waals surface area contributed by atoms with Crippen LogP contribution < -0.4 is 10.6 Å². The summed E-state index contributed by atoms with van der Waals surface area (Å²) in [7, 11) is 0. The van der Waals surface area contributed by atoms with Crippen LogP contribution in [-0.2, 0) is 4.79 Å². The molecule has 1 aliphatic heterocycles. The van der Waals surface area contributed by atoms with Crippen LogP contribution in [0, 0.1) is 6.92 Å². The lowest BCUT2D eigenvalue weighted by molar-refractivity contribution is -0.113. The van der Waals surface area contributed by atoms with E-state index in [1.165, 1.54) is 0 Å². The first-order valence-corrected chi connectivity index (χ1v) is 8.22. The van der Waals surface area contributed by atoms with Gasteiger partial charge < -0.3 is 15.7 Å². The summed E-state index contributed by atoms with van der Waals surface area (Å²) in [5, 5.41) is 15.8. The number of aromatic carboxylic acids is 1. The van der Waals surface area contributed by atoms with E-state index in [0.29, 0.717) is 21.7 Å². The van der Waals surface area contributed by atoms with Crippen molar-refractivity contribution in [3.05, 3.63) is 11.3 Å². The zero-order valence-electron chi connectivity index (χ0n) is 11.1. The number of rotatable bonds is 5. The summed E-state index contributed by atoms with van der Waals surface area (Å²) in [6.45, 7) is 3.62. The molecule has 1 saturated heterocycles. The van der Waals surface area contributed by atoms with Crippen LogP contribution in [0.25, 0.3) is 0 Å². The maximum atomic E-state index is 11.9. The molecule has 0 bridgehead atoms. The van der Waals surface area contributed by atoms with Crippen molar-refractivity contribution in [1.29, 1.82) is 0 Å². The molecule has 1 amide bonds. The average molecular weight is 315 g/mol. The summed E-state index contributed by atoms with van der Waals surface area (Å²) in [5.74, 6) is -0.877. The third-order valence-corrected chi connectivity index (χ3v) is 5.29. The third-order valence-electron chi connectivity index (χ3n) is 3.07. The number of piperidine rings is 1. The minimum atomic E-state index is -1.06. The van der Waals surface area contributed by atoms with Crippen LogP contribution in [0.1, 0.15) is 28.9 Å². The van der Waals surface area contributed by atoms with Crippen LogP contribution >= 0.6 is 23.3 Å². The SMILES string of the molecule is Cc1nsc(NC(=O)CSC2CCNCC2)c1C(=O)O. The van der Waals surface area contributed by atoms with E-state index < -0.39 is 5.97 Å². The number of hydrogen-bond donors (Lipinski definition) is 3. The molecule has 2 rings (SSSR count).